The largest absolute Gasteiger partial charge is 0.452 e. The summed E-state index contributed by atoms with van der Waals surface area (Å²) < 4.78 is 11.0. The second-order valence-corrected chi connectivity index (χ2v) is 6.43. The third-order valence-electron chi connectivity index (χ3n) is 3.87. The molecule has 3 rings (SSSR count). The summed E-state index contributed by atoms with van der Waals surface area (Å²) in [5.41, 5.74) is 9.73. The maximum atomic E-state index is 12.0. The highest BCUT2D eigenvalue weighted by Gasteiger charge is 2.33. The number of fused-ring (bicyclic) bond motifs is 1. The van der Waals surface area contributed by atoms with Gasteiger partial charge in [-0.2, -0.15) is 0 Å². The van der Waals surface area contributed by atoms with Crippen molar-refractivity contribution in [3.63, 3.8) is 0 Å². The van der Waals surface area contributed by atoms with Crippen LogP contribution in [0.4, 0.5) is 0 Å². The van der Waals surface area contributed by atoms with E-state index >= 15 is 0 Å². The lowest BCUT2D eigenvalue weighted by Crippen LogP contribution is -2.38. The number of nitrogens with two attached hydrogens (primary N) is 1. The number of benzene rings is 2. The van der Waals surface area contributed by atoms with Gasteiger partial charge in [-0.25, -0.2) is 4.79 Å². The number of cyclic esters (lactones) is 1. The Bertz CT molecular complexity index is 733. The van der Waals surface area contributed by atoms with Gasteiger partial charge in [0.15, 0.2) is 0 Å². The first-order valence-electron chi connectivity index (χ1n) is 7.74. The van der Waals surface area contributed by atoms with Crippen LogP contribution in [0.15, 0.2) is 42.5 Å². The number of ether oxygens (including phenoxy) is 2. The first-order valence-corrected chi connectivity index (χ1v) is 7.74. The fraction of sp³-hybridized carbons (Fsp3) is 0.316. The minimum atomic E-state index is -0.929. The summed E-state index contributed by atoms with van der Waals surface area (Å²) in [5.74, 6) is -0.693. The van der Waals surface area contributed by atoms with Crippen LogP contribution in [0.1, 0.15) is 53.9 Å². The number of carbonyl (C=O) groups is 1. The molecule has 4 heteroatoms. The van der Waals surface area contributed by atoms with Crippen LogP contribution in [0, 0.1) is 0 Å². The highest BCUT2D eigenvalue weighted by Crippen LogP contribution is 2.32. The van der Waals surface area contributed by atoms with Crippen molar-refractivity contribution in [3.8, 4) is 5.75 Å². The fourth-order valence-electron chi connectivity index (χ4n) is 2.67. The Morgan fingerprint density at radius 2 is 1.70 bits per heavy atom. The maximum Gasteiger partial charge on any atom is 0.345 e. The van der Waals surface area contributed by atoms with Crippen LogP contribution in [-0.4, -0.2) is 11.8 Å². The minimum absolute atomic E-state index is 0.0365. The Hall–Kier alpha value is -2.33. The van der Waals surface area contributed by atoms with Crippen molar-refractivity contribution in [3.05, 3.63) is 64.7 Å². The zero-order valence-electron chi connectivity index (χ0n) is 13.6. The van der Waals surface area contributed by atoms with Crippen molar-refractivity contribution in [1.82, 2.24) is 0 Å². The Kier molecular flexibility index (Phi) is 3.86. The molecule has 2 N–H and O–H groups in total. The molecule has 1 aliphatic heterocycles. The second-order valence-electron chi connectivity index (χ2n) is 6.43. The number of carbonyl (C=O) groups excluding carboxylic acids is 1. The van der Waals surface area contributed by atoms with E-state index in [1.165, 1.54) is 5.56 Å². The summed E-state index contributed by atoms with van der Waals surface area (Å²) in [5, 5.41) is 0. The van der Waals surface area contributed by atoms with E-state index in [-0.39, 0.29) is 12.0 Å². The van der Waals surface area contributed by atoms with Crippen LogP contribution in [0.25, 0.3) is 0 Å². The molecule has 0 amide bonds. The summed E-state index contributed by atoms with van der Waals surface area (Å²) in [7, 11) is 0. The van der Waals surface area contributed by atoms with Gasteiger partial charge in [0.1, 0.15) is 11.3 Å². The van der Waals surface area contributed by atoms with E-state index in [0.717, 1.165) is 17.5 Å². The Morgan fingerprint density at radius 3 is 2.35 bits per heavy atom. The molecule has 0 bridgehead atoms. The molecule has 120 valence electrons. The van der Waals surface area contributed by atoms with Gasteiger partial charge in [-0.1, -0.05) is 30.3 Å². The van der Waals surface area contributed by atoms with E-state index in [2.05, 4.69) is 24.3 Å². The molecule has 1 heterocycles. The monoisotopic (exact) mass is 311 g/mol. The topological polar surface area (TPSA) is 61.6 Å². The maximum absolute atomic E-state index is 12.0. The van der Waals surface area contributed by atoms with Gasteiger partial charge in [0, 0.05) is 19.9 Å². The van der Waals surface area contributed by atoms with Crippen molar-refractivity contribution in [2.75, 3.05) is 0 Å². The third-order valence-corrected chi connectivity index (χ3v) is 3.87. The standard InChI is InChI=1S/C19H21NO3/c1-12(20)15-7-4-13(5-8-15)10-14-6-9-16-17(11-14)22-19(2,3)23-18(16)21/h4-9,11-12H,10,20H2,1-3H3. The molecule has 0 aliphatic carbocycles. The minimum Gasteiger partial charge on any atom is -0.452 e. The molecule has 0 saturated carbocycles. The molecule has 23 heavy (non-hydrogen) atoms. The summed E-state index contributed by atoms with van der Waals surface area (Å²) in [4.78, 5) is 12.0. The molecule has 1 unspecified atom stereocenters. The van der Waals surface area contributed by atoms with E-state index in [1.807, 2.05) is 19.1 Å². The van der Waals surface area contributed by atoms with E-state index in [4.69, 9.17) is 15.2 Å². The van der Waals surface area contributed by atoms with Crippen LogP contribution >= 0.6 is 0 Å². The molecule has 0 spiro atoms. The van der Waals surface area contributed by atoms with Crippen LogP contribution in [0.2, 0.25) is 0 Å². The molecule has 0 fully saturated rings. The molecule has 1 aliphatic rings. The smallest absolute Gasteiger partial charge is 0.345 e. The van der Waals surface area contributed by atoms with Crippen molar-refractivity contribution in [1.29, 1.82) is 0 Å². The Morgan fingerprint density at radius 1 is 1.04 bits per heavy atom. The average Bonchev–Trinajstić information content (AvgIpc) is 2.46. The van der Waals surface area contributed by atoms with E-state index in [9.17, 15) is 4.79 Å². The highest BCUT2D eigenvalue weighted by molar-refractivity contribution is 5.93. The molecule has 0 saturated heterocycles. The van der Waals surface area contributed by atoms with Gasteiger partial charge in [-0.05, 0) is 42.2 Å². The molecule has 4 nitrogen and oxygen atoms in total. The quantitative estimate of drug-likeness (QED) is 0.880. The number of esters is 1. The van der Waals surface area contributed by atoms with Gasteiger partial charge in [0.25, 0.3) is 0 Å². The van der Waals surface area contributed by atoms with Gasteiger partial charge in [0.2, 0.25) is 5.79 Å². The highest BCUT2D eigenvalue weighted by atomic mass is 16.7. The lowest BCUT2D eigenvalue weighted by atomic mass is 10.00. The SMILES string of the molecule is CC(N)c1ccc(Cc2ccc3c(c2)OC(C)(C)OC3=O)cc1. The number of rotatable bonds is 3. The van der Waals surface area contributed by atoms with Gasteiger partial charge < -0.3 is 15.2 Å². The molecule has 2 aromatic carbocycles. The zero-order chi connectivity index (χ0) is 16.6. The van der Waals surface area contributed by atoms with Crippen molar-refractivity contribution in [2.24, 2.45) is 5.73 Å². The van der Waals surface area contributed by atoms with Gasteiger partial charge >= 0.3 is 5.97 Å². The molecule has 1 atom stereocenters. The van der Waals surface area contributed by atoms with Crippen LogP contribution in [-0.2, 0) is 11.2 Å². The molecule has 0 aromatic heterocycles. The molecule has 0 radical (unpaired) electrons. The molecule has 2 aromatic rings. The summed E-state index contributed by atoms with van der Waals surface area (Å²) in [6.45, 7) is 5.43. The molecular formula is C19H21NO3. The van der Waals surface area contributed by atoms with E-state index < -0.39 is 5.79 Å². The first-order chi connectivity index (χ1) is 10.8. The molecular weight excluding hydrogens is 290 g/mol. The second kappa shape index (κ2) is 5.70. The van der Waals surface area contributed by atoms with Crippen molar-refractivity contribution >= 4 is 5.97 Å². The lowest BCUT2D eigenvalue weighted by Gasteiger charge is -2.31. The van der Waals surface area contributed by atoms with Crippen molar-refractivity contribution < 1.29 is 14.3 Å². The number of hydrogen-bond acceptors (Lipinski definition) is 4. The zero-order valence-corrected chi connectivity index (χ0v) is 13.6. The van der Waals surface area contributed by atoms with Crippen molar-refractivity contribution in [2.45, 2.75) is 39.0 Å². The fourth-order valence-corrected chi connectivity index (χ4v) is 2.67. The Labute approximate surface area is 136 Å². The van der Waals surface area contributed by atoms with Gasteiger partial charge in [-0.3, -0.25) is 0 Å². The summed E-state index contributed by atoms with van der Waals surface area (Å²) in [6, 6.07) is 13.9. The van der Waals surface area contributed by atoms with E-state index in [1.54, 1.807) is 19.9 Å². The number of hydrogen-bond donors (Lipinski definition) is 1. The summed E-state index contributed by atoms with van der Waals surface area (Å²) >= 11 is 0. The van der Waals surface area contributed by atoms with Crippen LogP contribution in [0.3, 0.4) is 0 Å². The van der Waals surface area contributed by atoms with Gasteiger partial charge in [0.05, 0.1) is 0 Å². The average molecular weight is 311 g/mol. The first kappa shape index (κ1) is 15.6. The van der Waals surface area contributed by atoms with Crippen LogP contribution < -0.4 is 10.5 Å². The predicted octanol–water partition coefficient (Wildman–Crippen LogP) is 3.58. The predicted molar refractivity (Wildman–Crippen MR) is 88.4 cm³/mol. The normalized spacial score (nSPS) is 17.0. The Balaban J connectivity index is 1.83. The van der Waals surface area contributed by atoms with Crippen LogP contribution in [0.5, 0.6) is 5.75 Å². The lowest BCUT2D eigenvalue weighted by molar-refractivity contribution is -0.127. The van der Waals surface area contributed by atoms with Gasteiger partial charge in [-0.15, -0.1) is 0 Å². The van der Waals surface area contributed by atoms with E-state index in [0.29, 0.717) is 11.3 Å². The summed E-state index contributed by atoms with van der Waals surface area (Å²) in [6.07, 6.45) is 0.769. The third kappa shape index (κ3) is 3.37.